The molecule has 1 amide bonds. The Kier molecular flexibility index (Phi) is 8.17. The van der Waals surface area contributed by atoms with Gasteiger partial charge in [-0.3, -0.25) is 4.79 Å². The zero-order chi connectivity index (χ0) is 13.3. The standard InChI is InChI=1S/C13H28N2O2/c1-4-15(10-5-11-16)12(17)6-7-13(2,3)8-9-14/h16H,4-11,14H2,1-3H3. The first kappa shape index (κ1) is 16.4. The normalized spacial score (nSPS) is 11.6. The second-order valence-corrected chi connectivity index (χ2v) is 5.25. The predicted octanol–water partition coefficient (Wildman–Crippen LogP) is 1.37. The van der Waals surface area contributed by atoms with Crippen molar-refractivity contribution in [1.29, 1.82) is 0 Å². The van der Waals surface area contributed by atoms with Crippen molar-refractivity contribution in [3.63, 3.8) is 0 Å². The van der Waals surface area contributed by atoms with Crippen LogP contribution in [0.25, 0.3) is 0 Å². The average Bonchev–Trinajstić information content (AvgIpc) is 2.27. The Labute approximate surface area is 105 Å². The van der Waals surface area contributed by atoms with E-state index in [2.05, 4.69) is 13.8 Å². The number of carbonyl (C=O) groups is 1. The number of carbonyl (C=O) groups excluding carboxylic acids is 1. The van der Waals surface area contributed by atoms with Crippen LogP contribution in [0.2, 0.25) is 0 Å². The Morgan fingerprint density at radius 2 is 2.00 bits per heavy atom. The number of amides is 1. The highest BCUT2D eigenvalue weighted by Crippen LogP contribution is 2.26. The first-order valence-corrected chi connectivity index (χ1v) is 6.55. The van der Waals surface area contributed by atoms with Crippen molar-refractivity contribution in [2.45, 2.75) is 46.5 Å². The first-order valence-electron chi connectivity index (χ1n) is 6.55. The minimum atomic E-state index is 0.140. The molecule has 4 heteroatoms. The fraction of sp³-hybridized carbons (Fsp3) is 0.923. The summed E-state index contributed by atoms with van der Waals surface area (Å²) in [5.41, 5.74) is 5.69. The lowest BCUT2D eigenvalue weighted by molar-refractivity contribution is -0.131. The molecule has 0 aromatic carbocycles. The third-order valence-corrected chi connectivity index (χ3v) is 3.16. The summed E-state index contributed by atoms with van der Waals surface area (Å²) in [6, 6.07) is 0. The van der Waals surface area contributed by atoms with Gasteiger partial charge in [-0.2, -0.15) is 0 Å². The van der Waals surface area contributed by atoms with E-state index >= 15 is 0 Å². The Hall–Kier alpha value is -0.610. The molecule has 0 bridgehead atoms. The van der Waals surface area contributed by atoms with Crippen LogP contribution in [0.15, 0.2) is 0 Å². The molecule has 0 atom stereocenters. The number of hydrogen-bond donors (Lipinski definition) is 2. The topological polar surface area (TPSA) is 66.6 Å². The smallest absolute Gasteiger partial charge is 0.222 e. The van der Waals surface area contributed by atoms with Crippen molar-refractivity contribution in [3.05, 3.63) is 0 Å². The summed E-state index contributed by atoms with van der Waals surface area (Å²) in [5, 5.41) is 8.77. The monoisotopic (exact) mass is 244 g/mol. The Morgan fingerprint density at radius 1 is 1.35 bits per heavy atom. The van der Waals surface area contributed by atoms with Crippen molar-refractivity contribution in [1.82, 2.24) is 4.90 Å². The third kappa shape index (κ3) is 7.34. The van der Waals surface area contributed by atoms with Gasteiger partial charge in [0.1, 0.15) is 0 Å². The molecule has 0 fully saturated rings. The van der Waals surface area contributed by atoms with Gasteiger partial charge >= 0.3 is 0 Å². The predicted molar refractivity (Wildman–Crippen MR) is 70.6 cm³/mol. The lowest BCUT2D eigenvalue weighted by Crippen LogP contribution is -2.33. The van der Waals surface area contributed by atoms with Crippen LogP contribution in [-0.4, -0.2) is 42.2 Å². The summed E-state index contributed by atoms with van der Waals surface area (Å²) in [6.45, 7) is 8.46. The largest absolute Gasteiger partial charge is 0.396 e. The van der Waals surface area contributed by atoms with Gasteiger partial charge in [-0.25, -0.2) is 0 Å². The molecule has 0 spiro atoms. The quantitative estimate of drug-likeness (QED) is 0.644. The molecular weight excluding hydrogens is 216 g/mol. The highest BCUT2D eigenvalue weighted by Gasteiger charge is 2.20. The van der Waals surface area contributed by atoms with Gasteiger partial charge < -0.3 is 15.7 Å². The Bertz CT molecular complexity index is 217. The molecule has 0 aliphatic heterocycles. The average molecular weight is 244 g/mol. The van der Waals surface area contributed by atoms with Crippen molar-refractivity contribution >= 4 is 5.91 Å². The van der Waals surface area contributed by atoms with Crippen molar-refractivity contribution < 1.29 is 9.90 Å². The summed E-state index contributed by atoms with van der Waals surface area (Å²) in [6.07, 6.45) is 3.06. The molecule has 3 N–H and O–H groups in total. The summed E-state index contributed by atoms with van der Waals surface area (Å²) in [4.78, 5) is 13.8. The molecule has 0 saturated carbocycles. The fourth-order valence-corrected chi connectivity index (χ4v) is 1.84. The van der Waals surface area contributed by atoms with Crippen LogP contribution in [0, 0.1) is 5.41 Å². The molecular formula is C13H28N2O2. The SMILES string of the molecule is CCN(CCCO)C(=O)CCC(C)(C)CCN. The van der Waals surface area contributed by atoms with Gasteiger partial charge in [0, 0.05) is 26.1 Å². The Morgan fingerprint density at radius 3 is 2.47 bits per heavy atom. The lowest BCUT2D eigenvalue weighted by atomic mass is 9.84. The highest BCUT2D eigenvalue weighted by molar-refractivity contribution is 5.76. The van der Waals surface area contributed by atoms with Gasteiger partial charge in [-0.1, -0.05) is 13.8 Å². The van der Waals surface area contributed by atoms with E-state index in [0.717, 1.165) is 19.4 Å². The van der Waals surface area contributed by atoms with Crippen molar-refractivity contribution in [2.75, 3.05) is 26.2 Å². The van der Waals surface area contributed by atoms with Gasteiger partial charge in [0.25, 0.3) is 0 Å². The van der Waals surface area contributed by atoms with E-state index in [1.807, 2.05) is 11.8 Å². The molecule has 0 aromatic heterocycles. The van der Waals surface area contributed by atoms with Crippen LogP contribution in [0.4, 0.5) is 0 Å². The number of rotatable bonds is 9. The molecule has 0 radical (unpaired) electrons. The fourth-order valence-electron chi connectivity index (χ4n) is 1.84. The molecule has 4 nitrogen and oxygen atoms in total. The lowest BCUT2D eigenvalue weighted by Gasteiger charge is -2.26. The maximum Gasteiger partial charge on any atom is 0.222 e. The summed E-state index contributed by atoms with van der Waals surface area (Å²) in [5.74, 6) is 0.186. The number of hydrogen-bond acceptors (Lipinski definition) is 3. The van der Waals surface area contributed by atoms with Crippen LogP contribution < -0.4 is 5.73 Å². The maximum absolute atomic E-state index is 11.9. The molecule has 0 rings (SSSR count). The molecule has 0 unspecified atom stereocenters. The summed E-state index contributed by atoms with van der Waals surface area (Å²) < 4.78 is 0. The van der Waals surface area contributed by atoms with E-state index in [4.69, 9.17) is 10.8 Å². The summed E-state index contributed by atoms with van der Waals surface area (Å²) in [7, 11) is 0. The van der Waals surface area contributed by atoms with Crippen molar-refractivity contribution in [3.8, 4) is 0 Å². The second-order valence-electron chi connectivity index (χ2n) is 5.25. The molecule has 0 saturated heterocycles. The van der Waals surface area contributed by atoms with E-state index in [9.17, 15) is 4.79 Å². The molecule has 17 heavy (non-hydrogen) atoms. The van der Waals surface area contributed by atoms with Gasteiger partial charge in [-0.15, -0.1) is 0 Å². The van der Waals surface area contributed by atoms with E-state index in [-0.39, 0.29) is 17.9 Å². The molecule has 0 heterocycles. The first-order chi connectivity index (χ1) is 7.96. The number of nitrogens with two attached hydrogens (primary N) is 1. The molecule has 102 valence electrons. The van der Waals surface area contributed by atoms with E-state index < -0.39 is 0 Å². The van der Waals surface area contributed by atoms with Crippen molar-refractivity contribution in [2.24, 2.45) is 11.1 Å². The van der Waals surface area contributed by atoms with Crippen LogP contribution in [0.3, 0.4) is 0 Å². The second kappa shape index (κ2) is 8.48. The zero-order valence-corrected chi connectivity index (χ0v) is 11.5. The summed E-state index contributed by atoms with van der Waals surface area (Å²) >= 11 is 0. The molecule has 0 aliphatic rings. The molecule has 0 aromatic rings. The van der Waals surface area contributed by atoms with Gasteiger partial charge in [0.15, 0.2) is 0 Å². The number of nitrogens with zero attached hydrogens (tertiary/aromatic N) is 1. The van der Waals surface area contributed by atoms with Crippen LogP contribution >= 0.6 is 0 Å². The van der Waals surface area contributed by atoms with Crippen LogP contribution in [0.1, 0.15) is 46.5 Å². The van der Waals surface area contributed by atoms with Gasteiger partial charge in [0.05, 0.1) is 0 Å². The minimum absolute atomic E-state index is 0.140. The minimum Gasteiger partial charge on any atom is -0.396 e. The van der Waals surface area contributed by atoms with Crippen LogP contribution in [-0.2, 0) is 4.79 Å². The maximum atomic E-state index is 11.9. The van der Waals surface area contributed by atoms with E-state index in [0.29, 0.717) is 25.9 Å². The van der Waals surface area contributed by atoms with Gasteiger partial charge in [0.2, 0.25) is 5.91 Å². The zero-order valence-electron chi connectivity index (χ0n) is 11.5. The number of aliphatic hydroxyl groups is 1. The van der Waals surface area contributed by atoms with E-state index in [1.54, 1.807) is 0 Å². The van der Waals surface area contributed by atoms with E-state index in [1.165, 1.54) is 0 Å². The van der Waals surface area contributed by atoms with Gasteiger partial charge in [-0.05, 0) is 38.1 Å². The Balaban J connectivity index is 4.05. The number of aliphatic hydroxyl groups excluding tert-OH is 1. The third-order valence-electron chi connectivity index (χ3n) is 3.16. The highest BCUT2D eigenvalue weighted by atomic mass is 16.3. The van der Waals surface area contributed by atoms with Crippen LogP contribution in [0.5, 0.6) is 0 Å². The molecule has 0 aliphatic carbocycles.